The molecule has 154 valence electrons. The van der Waals surface area contributed by atoms with Crippen molar-refractivity contribution in [1.29, 1.82) is 0 Å². The molecule has 0 unspecified atom stereocenters. The van der Waals surface area contributed by atoms with Gasteiger partial charge in [0, 0.05) is 32.2 Å². The molecule has 0 bridgehead atoms. The van der Waals surface area contributed by atoms with Crippen molar-refractivity contribution >= 4 is 38.4 Å². The van der Waals surface area contributed by atoms with Crippen LogP contribution in [0.5, 0.6) is 0 Å². The third-order valence-electron chi connectivity index (χ3n) is 3.94. The molecule has 12 heteroatoms. The van der Waals surface area contributed by atoms with Crippen molar-refractivity contribution in [3.8, 4) is 0 Å². The van der Waals surface area contributed by atoms with Crippen molar-refractivity contribution < 1.29 is 21.6 Å². The Bertz CT molecular complexity index is 849. The first kappa shape index (κ1) is 23.8. The van der Waals surface area contributed by atoms with Crippen LogP contribution in [0.25, 0.3) is 0 Å². The smallest absolute Gasteiger partial charge is 0.243 e. The standard InChI is InChI=1S/C15H24N4O5S2.ClH/c1-12(2)17-15(20)11-18-7-9-19(10-8-18)26(23,24)14-5-3-13(4-6-14)25(16,21)22;/h3-6,12H,7-11H2,1-2H3,(H,17,20)(H2,16,21,22);1H. The molecule has 27 heavy (non-hydrogen) atoms. The number of piperazine rings is 1. The predicted octanol–water partition coefficient (Wildman–Crippen LogP) is -0.413. The van der Waals surface area contributed by atoms with Crippen LogP contribution in [0.1, 0.15) is 13.8 Å². The Kier molecular flexibility index (Phi) is 8.20. The van der Waals surface area contributed by atoms with Crippen LogP contribution < -0.4 is 10.5 Å². The van der Waals surface area contributed by atoms with E-state index in [4.69, 9.17) is 5.14 Å². The maximum absolute atomic E-state index is 12.7. The Hall–Kier alpha value is -1.24. The molecule has 0 aliphatic carbocycles. The van der Waals surface area contributed by atoms with Gasteiger partial charge in [-0.05, 0) is 38.1 Å². The molecule has 3 N–H and O–H groups in total. The normalized spacial score (nSPS) is 16.7. The minimum atomic E-state index is -3.87. The van der Waals surface area contributed by atoms with Crippen molar-refractivity contribution in [1.82, 2.24) is 14.5 Å². The van der Waals surface area contributed by atoms with Crippen LogP contribution in [0.4, 0.5) is 0 Å². The van der Waals surface area contributed by atoms with Gasteiger partial charge in [-0.2, -0.15) is 4.31 Å². The molecule has 1 aromatic carbocycles. The van der Waals surface area contributed by atoms with Gasteiger partial charge in [0.1, 0.15) is 0 Å². The lowest BCUT2D eigenvalue weighted by molar-refractivity contribution is -0.123. The van der Waals surface area contributed by atoms with E-state index in [1.807, 2.05) is 18.7 Å². The number of primary sulfonamides is 1. The number of hydrogen-bond donors (Lipinski definition) is 2. The van der Waals surface area contributed by atoms with Crippen molar-refractivity contribution in [2.75, 3.05) is 32.7 Å². The number of amides is 1. The predicted molar refractivity (Wildman–Crippen MR) is 104 cm³/mol. The second-order valence-corrected chi connectivity index (χ2v) is 9.92. The highest BCUT2D eigenvalue weighted by Gasteiger charge is 2.29. The van der Waals surface area contributed by atoms with Gasteiger partial charge in [0.15, 0.2) is 0 Å². The third kappa shape index (κ3) is 6.40. The largest absolute Gasteiger partial charge is 0.353 e. The molecule has 0 saturated carbocycles. The van der Waals surface area contributed by atoms with Crippen molar-refractivity contribution in [3.63, 3.8) is 0 Å². The molecule has 1 amide bonds. The fourth-order valence-corrected chi connectivity index (χ4v) is 4.59. The molecule has 0 spiro atoms. The molecule has 0 radical (unpaired) electrons. The van der Waals surface area contributed by atoms with E-state index in [-0.39, 0.29) is 53.8 Å². The minimum Gasteiger partial charge on any atom is -0.353 e. The summed E-state index contributed by atoms with van der Waals surface area (Å²) in [5.41, 5.74) is 0. The van der Waals surface area contributed by atoms with Crippen molar-refractivity contribution in [2.24, 2.45) is 5.14 Å². The Labute approximate surface area is 166 Å². The summed E-state index contributed by atoms with van der Waals surface area (Å²) < 4.78 is 49.2. The summed E-state index contributed by atoms with van der Waals surface area (Å²) in [6, 6.07) is 4.88. The summed E-state index contributed by atoms with van der Waals surface area (Å²) in [5, 5.41) is 7.82. The SMILES string of the molecule is CC(C)NC(=O)CN1CCN(S(=O)(=O)c2ccc(S(N)(=O)=O)cc2)CC1.Cl. The Morgan fingerprint density at radius 3 is 1.96 bits per heavy atom. The lowest BCUT2D eigenvalue weighted by Gasteiger charge is -2.33. The second kappa shape index (κ2) is 9.30. The zero-order chi connectivity index (χ0) is 19.5. The lowest BCUT2D eigenvalue weighted by Crippen LogP contribution is -2.51. The molecule has 0 aromatic heterocycles. The molecular weight excluding hydrogens is 416 g/mol. The number of benzene rings is 1. The molecule has 9 nitrogen and oxygen atoms in total. The number of nitrogens with two attached hydrogens (primary N) is 1. The fourth-order valence-electron chi connectivity index (χ4n) is 2.65. The Balaban J connectivity index is 0.00000364. The van der Waals surface area contributed by atoms with Gasteiger partial charge in [-0.1, -0.05) is 0 Å². The quantitative estimate of drug-likeness (QED) is 0.618. The highest BCUT2D eigenvalue weighted by Crippen LogP contribution is 2.19. The minimum absolute atomic E-state index is 0. The third-order valence-corrected chi connectivity index (χ3v) is 6.78. The fraction of sp³-hybridized carbons (Fsp3) is 0.533. The van der Waals surface area contributed by atoms with Crippen LogP contribution in [0, 0.1) is 0 Å². The van der Waals surface area contributed by atoms with Crippen LogP contribution in [-0.4, -0.2) is 70.7 Å². The van der Waals surface area contributed by atoms with Gasteiger partial charge in [-0.15, -0.1) is 12.4 Å². The first-order valence-corrected chi connectivity index (χ1v) is 11.1. The summed E-state index contributed by atoms with van der Waals surface area (Å²) in [6.07, 6.45) is 0. The molecule has 1 aliphatic heterocycles. The van der Waals surface area contributed by atoms with Crippen LogP contribution in [-0.2, 0) is 24.8 Å². The van der Waals surface area contributed by atoms with Crippen LogP contribution >= 0.6 is 12.4 Å². The van der Waals surface area contributed by atoms with Crippen LogP contribution in [0.3, 0.4) is 0 Å². The van der Waals surface area contributed by atoms with E-state index < -0.39 is 20.0 Å². The Morgan fingerprint density at radius 2 is 1.52 bits per heavy atom. The molecule has 2 rings (SSSR count). The first-order valence-electron chi connectivity index (χ1n) is 8.15. The van der Waals surface area contributed by atoms with Crippen molar-refractivity contribution in [3.05, 3.63) is 24.3 Å². The molecule has 1 aromatic rings. The number of carbonyl (C=O) groups excluding carboxylic acids is 1. The van der Waals surface area contributed by atoms with Crippen molar-refractivity contribution in [2.45, 2.75) is 29.7 Å². The summed E-state index contributed by atoms with van der Waals surface area (Å²) in [6.45, 7) is 5.39. The average molecular weight is 441 g/mol. The maximum Gasteiger partial charge on any atom is 0.243 e. The summed E-state index contributed by atoms with van der Waals surface area (Å²) in [5.74, 6) is -0.0881. The molecule has 1 aliphatic rings. The van der Waals surface area contributed by atoms with E-state index in [1.165, 1.54) is 28.6 Å². The molecule has 0 atom stereocenters. The van der Waals surface area contributed by atoms with Gasteiger partial charge in [0.25, 0.3) is 0 Å². The number of sulfonamides is 2. The highest BCUT2D eigenvalue weighted by atomic mass is 35.5. The van der Waals surface area contributed by atoms with E-state index in [2.05, 4.69) is 5.32 Å². The van der Waals surface area contributed by atoms with Gasteiger partial charge in [-0.3, -0.25) is 9.69 Å². The molecule has 1 saturated heterocycles. The van der Waals surface area contributed by atoms with Gasteiger partial charge >= 0.3 is 0 Å². The molecule has 1 heterocycles. The van der Waals surface area contributed by atoms with Gasteiger partial charge in [0.2, 0.25) is 26.0 Å². The van der Waals surface area contributed by atoms with Crippen LogP contribution in [0.15, 0.2) is 34.1 Å². The highest BCUT2D eigenvalue weighted by molar-refractivity contribution is 7.89. The topological polar surface area (TPSA) is 130 Å². The maximum atomic E-state index is 12.7. The summed E-state index contributed by atoms with van der Waals surface area (Å²) in [7, 11) is -7.60. The number of rotatable bonds is 6. The number of hydrogen-bond acceptors (Lipinski definition) is 6. The summed E-state index contributed by atoms with van der Waals surface area (Å²) in [4.78, 5) is 13.6. The van der Waals surface area contributed by atoms with Gasteiger partial charge in [-0.25, -0.2) is 22.0 Å². The second-order valence-electron chi connectivity index (χ2n) is 6.42. The number of nitrogens with one attached hydrogen (secondary N) is 1. The van der Waals surface area contributed by atoms with E-state index >= 15 is 0 Å². The molecule has 1 fully saturated rings. The lowest BCUT2D eigenvalue weighted by atomic mass is 10.3. The average Bonchev–Trinajstić information content (AvgIpc) is 2.54. The first-order chi connectivity index (χ1) is 12.0. The summed E-state index contributed by atoms with van der Waals surface area (Å²) >= 11 is 0. The van der Waals surface area contributed by atoms with E-state index in [0.29, 0.717) is 13.1 Å². The van der Waals surface area contributed by atoms with E-state index in [9.17, 15) is 21.6 Å². The monoisotopic (exact) mass is 440 g/mol. The zero-order valence-corrected chi connectivity index (χ0v) is 17.6. The van der Waals surface area contributed by atoms with Gasteiger partial charge in [0.05, 0.1) is 16.3 Å². The van der Waals surface area contributed by atoms with E-state index in [1.54, 1.807) is 0 Å². The number of halogens is 1. The number of carbonyl (C=O) groups is 1. The van der Waals surface area contributed by atoms with Gasteiger partial charge < -0.3 is 5.32 Å². The Morgan fingerprint density at radius 1 is 1.04 bits per heavy atom. The number of nitrogens with zero attached hydrogens (tertiary/aromatic N) is 2. The molecular formula is C15H25ClN4O5S2. The zero-order valence-electron chi connectivity index (χ0n) is 15.2. The van der Waals surface area contributed by atoms with Crippen LogP contribution in [0.2, 0.25) is 0 Å². The van der Waals surface area contributed by atoms with E-state index in [0.717, 1.165) is 0 Å².